The highest BCUT2D eigenvalue weighted by molar-refractivity contribution is 9.10. The van der Waals surface area contributed by atoms with Crippen LogP contribution in [0, 0.1) is 0 Å². The number of hydrazine groups is 1. The number of hydrogen-bond acceptors (Lipinski definition) is 2. The quantitative estimate of drug-likeness (QED) is 0.731. The van der Waals surface area contributed by atoms with Crippen LogP contribution in [0.4, 0.5) is 0 Å². The fraction of sp³-hybridized carbons (Fsp3) is 0.875. The van der Waals surface area contributed by atoms with Gasteiger partial charge in [0, 0.05) is 13.1 Å². The van der Waals surface area contributed by atoms with Crippen molar-refractivity contribution in [1.29, 1.82) is 0 Å². The van der Waals surface area contributed by atoms with Crippen LogP contribution in [0.2, 0.25) is 0 Å². The summed E-state index contributed by atoms with van der Waals surface area (Å²) >= 11 is 3.23. The van der Waals surface area contributed by atoms with E-state index in [1.807, 2.05) is 11.9 Å². The monoisotopic (exact) mass is 234 g/mol. The van der Waals surface area contributed by atoms with Crippen molar-refractivity contribution < 1.29 is 4.79 Å². The number of nitrogens with one attached hydrogen (secondary N) is 1. The van der Waals surface area contributed by atoms with Crippen LogP contribution >= 0.6 is 15.9 Å². The fourth-order valence-corrected chi connectivity index (χ4v) is 1.35. The van der Waals surface area contributed by atoms with Crippen LogP contribution < -0.4 is 5.43 Å². The molecule has 4 heteroatoms. The van der Waals surface area contributed by atoms with Crippen molar-refractivity contribution in [2.24, 2.45) is 0 Å². The van der Waals surface area contributed by atoms with E-state index in [4.69, 9.17) is 0 Å². The second-order valence-corrected chi connectivity index (χ2v) is 4.51. The third-order valence-corrected chi connectivity index (χ3v) is 2.40. The Morgan fingerprint density at radius 1 is 1.42 bits per heavy atom. The Labute approximate surface area is 81.6 Å². The Hall–Kier alpha value is -0.0900. The molecule has 70 valence electrons. The van der Waals surface area contributed by atoms with Crippen molar-refractivity contribution in [3.8, 4) is 0 Å². The SMILES string of the molecule is CC(Br)C(=O)NN1CCCCC1. The minimum absolute atomic E-state index is 0.0527. The van der Waals surface area contributed by atoms with E-state index < -0.39 is 0 Å². The zero-order valence-corrected chi connectivity index (χ0v) is 8.93. The van der Waals surface area contributed by atoms with Gasteiger partial charge in [0.1, 0.15) is 0 Å². The third kappa shape index (κ3) is 3.11. The number of carbonyl (C=O) groups excluding carboxylic acids is 1. The molecule has 1 aliphatic rings. The van der Waals surface area contributed by atoms with Crippen molar-refractivity contribution in [2.75, 3.05) is 13.1 Å². The van der Waals surface area contributed by atoms with Gasteiger partial charge in [-0.3, -0.25) is 10.2 Å². The van der Waals surface area contributed by atoms with Crippen molar-refractivity contribution in [3.63, 3.8) is 0 Å². The van der Waals surface area contributed by atoms with Gasteiger partial charge in [0.2, 0.25) is 5.91 Å². The molecule has 1 saturated heterocycles. The maximum Gasteiger partial charge on any atom is 0.247 e. The van der Waals surface area contributed by atoms with E-state index in [9.17, 15) is 4.79 Å². The molecule has 1 fully saturated rings. The lowest BCUT2D eigenvalue weighted by Crippen LogP contribution is -2.47. The maximum atomic E-state index is 11.2. The molecule has 1 rings (SSSR count). The van der Waals surface area contributed by atoms with Crippen LogP contribution in [0.3, 0.4) is 0 Å². The van der Waals surface area contributed by atoms with Crippen LogP contribution in [0.25, 0.3) is 0 Å². The van der Waals surface area contributed by atoms with Crippen molar-refractivity contribution in [2.45, 2.75) is 31.0 Å². The third-order valence-electron chi connectivity index (χ3n) is 1.99. The molecule has 0 saturated carbocycles. The van der Waals surface area contributed by atoms with Crippen molar-refractivity contribution >= 4 is 21.8 Å². The molecule has 3 nitrogen and oxygen atoms in total. The molecular weight excluding hydrogens is 220 g/mol. The first-order valence-corrected chi connectivity index (χ1v) is 5.31. The van der Waals surface area contributed by atoms with E-state index in [-0.39, 0.29) is 10.7 Å². The van der Waals surface area contributed by atoms with Gasteiger partial charge in [-0.25, -0.2) is 5.01 Å². The first-order chi connectivity index (χ1) is 5.70. The Morgan fingerprint density at radius 3 is 2.50 bits per heavy atom. The average molecular weight is 235 g/mol. The number of halogens is 1. The molecule has 0 aromatic heterocycles. The van der Waals surface area contributed by atoms with Gasteiger partial charge in [0.25, 0.3) is 0 Å². The van der Waals surface area contributed by atoms with Crippen LogP contribution in [-0.2, 0) is 4.79 Å². The minimum Gasteiger partial charge on any atom is -0.288 e. The van der Waals surface area contributed by atoms with Crippen LogP contribution in [-0.4, -0.2) is 28.8 Å². The standard InChI is InChI=1S/C8H15BrN2O/c1-7(9)8(12)10-11-5-3-2-4-6-11/h7H,2-6H2,1H3,(H,10,12). The number of hydrogen-bond donors (Lipinski definition) is 1. The summed E-state index contributed by atoms with van der Waals surface area (Å²) in [4.78, 5) is 11.1. The zero-order valence-electron chi connectivity index (χ0n) is 7.35. The molecule has 1 aliphatic heterocycles. The van der Waals surface area contributed by atoms with E-state index in [0.29, 0.717) is 0 Å². The summed E-state index contributed by atoms with van der Waals surface area (Å²) in [5.74, 6) is 0.0527. The van der Waals surface area contributed by atoms with Crippen molar-refractivity contribution in [1.82, 2.24) is 10.4 Å². The Balaban J connectivity index is 2.24. The molecule has 1 atom stereocenters. The summed E-state index contributed by atoms with van der Waals surface area (Å²) < 4.78 is 0. The predicted molar refractivity (Wildman–Crippen MR) is 52.0 cm³/mol. The van der Waals surface area contributed by atoms with Gasteiger partial charge in [0.05, 0.1) is 4.83 Å². The summed E-state index contributed by atoms with van der Waals surface area (Å²) in [7, 11) is 0. The van der Waals surface area contributed by atoms with E-state index in [0.717, 1.165) is 13.1 Å². The van der Waals surface area contributed by atoms with Gasteiger partial charge < -0.3 is 0 Å². The van der Waals surface area contributed by atoms with E-state index >= 15 is 0 Å². The number of rotatable bonds is 2. The van der Waals surface area contributed by atoms with Gasteiger partial charge >= 0.3 is 0 Å². The summed E-state index contributed by atoms with van der Waals surface area (Å²) in [6.45, 7) is 3.82. The molecular formula is C8H15BrN2O. The summed E-state index contributed by atoms with van der Waals surface area (Å²) in [5, 5.41) is 2.00. The molecule has 0 spiro atoms. The summed E-state index contributed by atoms with van der Waals surface area (Å²) in [6, 6.07) is 0. The number of piperidine rings is 1. The molecule has 12 heavy (non-hydrogen) atoms. The lowest BCUT2D eigenvalue weighted by atomic mass is 10.2. The molecule has 1 N–H and O–H groups in total. The Kier molecular flexibility index (Phi) is 4.01. The van der Waals surface area contributed by atoms with E-state index in [1.54, 1.807) is 0 Å². The molecule has 1 heterocycles. The highest BCUT2D eigenvalue weighted by Gasteiger charge is 2.14. The largest absolute Gasteiger partial charge is 0.288 e. The number of carbonyl (C=O) groups is 1. The molecule has 0 aromatic rings. The molecule has 0 radical (unpaired) electrons. The van der Waals surface area contributed by atoms with Crippen molar-refractivity contribution in [3.05, 3.63) is 0 Å². The zero-order chi connectivity index (χ0) is 8.97. The van der Waals surface area contributed by atoms with Gasteiger partial charge in [-0.1, -0.05) is 22.4 Å². The minimum atomic E-state index is -0.0978. The van der Waals surface area contributed by atoms with Gasteiger partial charge in [0.15, 0.2) is 0 Å². The summed E-state index contributed by atoms with van der Waals surface area (Å²) in [6.07, 6.45) is 3.67. The first kappa shape index (κ1) is 9.99. The van der Waals surface area contributed by atoms with Crippen LogP contribution in [0.15, 0.2) is 0 Å². The van der Waals surface area contributed by atoms with Crippen LogP contribution in [0.1, 0.15) is 26.2 Å². The normalized spacial score (nSPS) is 21.8. The molecule has 0 aromatic carbocycles. The molecule has 1 amide bonds. The van der Waals surface area contributed by atoms with Gasteiger partial charge in [-0.15, -0.1) is 0 Å². The Bertz CT molecular complexity index is 155. The van der Waals surface area contributed by atoms with Gasteiger partial charge in [-0.2, -0.15) is 0 Å². The molecule has 0 aliphatic carbocycles. The smallest absolute Gasteiger partial charge is 0.247 e. The number of nitrogens with zero attached hydrogens (tertiary/aromatic N) is 1. The fourth-order valence-electron chi connectivity index (χ4n) is 1.25. The lowest BCUT2D eigenvalue weighted by molar-refractivity contribution is -0.125. The van der Waals surface area contributed by atoms with E-state index in [2.05, 4.69) is 21.4 Å². The predicted octanol–water partition coefficient (Wildman–Crippen LogP) is 1.29. The second-order valence-electron chi connectivity index (χ2n) is 3.14. The second kappa shape index (κ2) is 4.82. The highest BCUT2D eigenvalue weighted by atomic mass is 79.9. The molecule has 1 unspecified atom stereocenters. The van der Waals surface area contributed by atoms with E-state index in [1.165, 1.54) is 19.3 Å². The van der Waals surface area contributed by atoms with Crippen LogP contribution in [0.5, 0.6) is 0 Å². The first-order valence-electron chi connectivity index (χ1n) is 4.39. The number of amides is 1. The highest BCUT2D eigenvalue weighted by Crippen LogP contribution is 2.06. The number of alkyl halides is 1. The van der Waals surface area contributed by atoms with Gasteiger partial charge in [-0.05, 0) is 19.8 Å². The topological polar surface area (TPSA) is 32.3 Å². The Morgan fingerprint density at radius 2 is 2.00 bits per heavy atom. The average Bonchev–Trinajstić information content (AvgIpc) is 2.06. The summed E-state index contributed by atoms with van der Waals surface area (Å²) in [5.41, 5.74) is 2.87. The molecule has 0 bridgehead atoms. The lowest BCUT2D eigenvalue weighted by Gasteiger charge is -2.27. The maximum absolute atomic E-state index is 11.2.